The zero-order chi connectivity index (χ0) is 12.3. The topological polar surface area (TPSA) is 63.8 Å². The van der Waals surface area contributed by atoms with Crippen LogP contribution in [0.4, 0.5) is 5.00 Å². The van der Waals surface area contributed by atoms with Gasteiger partial charge in [-0.25, -0.2) is 5.84 Å². The summed E-state index contributed by atoms with van der Waals surface area (Å²) in [6, 6.07) is 6.45. The Balaban J connectivity index is 2.07. The van der Waals surface area contributed by atoms with Gasteiger partial charge in [-0.05, 0) is 25.5 Å². The number of aromatic nitrogens is 2. The summed E-state index contributed by atoms with van der Waals surface area (Å²) in [5.41, 5.74) is 6.10. The Hall–Kier alpha value is -1.11. The molecule has 0 amide bonds. The Morgan fingerprint density at radius 2 is 2.24 bits per heavy atom. The maximum Gasteiger partial charge on any atom is 0.148 e. The first-order valence-corrected chi connectivity index (χ1v) is 6.94. The van der Waals surface area contributed by atoms with Crippen LogP contribution >= 0.6 is 23.3 Å². The van der Waals surface area contributed by atoms with E-state index in [1.54, 1.807) is 11.8 Å². The summed E-state index contributed by atoms with van der Waals surface area (Å²) >= 11 is 3.03. The van der Waals surface area contributed by atoms with Gasteiger partial charge in [0, 0.05) is 22.2 Å². The van der Waals surface area contributed by atoms with Gasteiger partial charge in [0.1, 0.15) is 10.7 Å². The van der Waals surface area contributed by atoms with Crippen LogP contribution in [0.3, 0.4) is 0 Å². The van der Waals surface area contributed by atoms with E-state index in [4.69, 9.17) is 5.84 Å². The molecule has 0 unspecified atom stereocenters. The Bertz CT molecular complexity index is 510. The number of hydrogen-bond acceptors (Lipinski definition) is 6. The highest BCUT2D eigenvalue weighted by molar-refractivity contribution is 7.98. The zero-order valence-electron chi connectivity index (χ0n) is 9.73. The van der Waals surface area contributed by atoms with Crippen molar-refractivity contribution in [1.29, 1.82) is 0 Å². The molecule has 4 nitrogen and oxygen atoms in total. The molecule has 1 aromatic carbocycles. The van der Waals surface area contributed by atoms with Gasteiger partial charge in [0.2, 0.25) is 0 Å². The number of rotatable bonds is 4. The van der Waals surface area contributed by atoms with Gasteiger partial charge in [0.25, 0.3) is 0 Å². The zero-order valence-corrected chi connectivity index (χ0v) is 11.4. The first-order valence-electron chi connectivity index (χ1n) is 5.18. The fourth-order valence-electron chi connectivity index (χ4n) is 1.52. The summed E-state index contributed by atoms with van der Waals surface area (Å²) in [5.74, 6) is 6.16. The molecule has 3 N–H and O–H groups in total. The number of anilines is 1. The molecule has 0 saturated carbocycles. The van der Waals surface area contributed by atoms with Crippen molar-refractivity contribution in [1.82, 2.24) is 9.59 Å². The predicted molar refractivity (Wildman–Crippen MR) is 73.2 cm³/mol. The van der Waals surface area contributed by atoms with Crippen molar-refractivity contribution in [3.8, 4) is 0 Å². The maximum atomic E-state index is 5.38. The van der Waals surface area contributed by atoms with Crippen LogP contribution in [0.2, 0.25) is 0 Å². The summed E-state index contributed by atoms with van der Waals surface area (Å²) in [6.07, 6.45) is 0. The van der Waals surface area contributed by atoms with Gasteiger partial charge in [0.05, 0.1) is 0 Å². The SMILES string of the molecule is Cc1ccc(SCc2nnsc2NN)c(C)c1. The van der Waals surface area contributed by atoms with Gasteiger partial charge in [-0.1, -0.05) is 22.2 Å². The molecule has 0 saturated heterocycles. The van der Waals surface area contributed by atoms with Crippen molar-refractivity contribution in [2.24, 2.45) is 5.84 Å². The van der Waals surface area contributed by atoms with E-state index in [9.17, 15) is 0 Å². The van der Waals surface area contributed by atoms with Crippen molar-refractivity contribution in [2.75, 3.05) is 5.43 Å². The van der Waals surface area contributed by atoms with Crippen LogP contribution in [0, 0.1) is 13.8 Å². The van der Waals surface area contributed by atoms with E-state index < -0.39 is 0 Å². The smallest absolute Gasteiger partial charge is 0.148 e. The Kier molecular flexibility index (Phi) is 3.98. The normalized spacial score (nSPS) is 10.5. The van der Waals surface area contributed by atoms with Gasteiger partial charge < -0.3 is 5.43 Å². The number of hydrazine groups is 1. The highest BCUT2D eigenvalue weighted by Crippen LogP contribution is 2.29. The number of nitrogens with one attached hydrogen (secondary N) is 1. The lowest BCUT2D eigenvalue weighted by molar-refractivity contribution is 1.07. The van der Waals surface area contributed by atoms with Crippen LogP contribution in [-0.4, -0.2) is 9.59 Å². The second-order valence-corrected chi connectivity index (χ2v) is 5.52. The van der Waals surface area contributed by atoms with Gasteiger partial charge in [-0.2, -0.15) is 0 Å². The lowest BCUT2D eigenvalue weighted by Crippen LogP contribution is -2.06. The largest absolute Gasteiger partial charge is 0.313 e. The quantitative estimate of drug-likeness (QED) is 0.506. The number of thioether (sulfide) groups is 1. The minimum absolute atomic E-state index is 0.778. The summed E-state index contributed by atoms with van der Waals surface area (Å²) in [6.45, 7) is 4.22. The molecule has 17 heavy (non-hydrogen) atoms. The van der Waals surface area contributed by atoms with Crippen molar-refractivity contribution >= 4 is 28.3 Å². The fourth-order valence-corrected chi connectivity index (χ4v) is 3.05. The molecule has 1 aromatic heterocycles. The van der Waals surface area contributed by atoms with Crippen LogP contribution in [0.1, 0.15) is 16.8 Å². The highest BCUT2D eigenvalue weighted by atomic mass is 32.2. The number of benzene rings is 1. The van der Waals surface area contributed by atoms with Gasteiger partial charge in [-0.15, -0.1) is 16.9 Å². The molecule has 6 heteroatoms. The lowest BCUT2D eigenvalue weighted by Gasteiger charge is -2.05. The average molecular weight is 266 g/mol. The van der Waals surface area contributed by atoms with E-state index in [0.717, 1.165) is 16.4 Å². The first kappa shape index (κ1) is 12.3. The number of nitrogens with zero attached hydrogens (tertiary/aromatic N) is 2. The summed E-state index contributed by atoms with van der Waals surface area (Å²) in [7, 11) is 0. The Labute approximate surface area is 109 Å². The van der Waals surface area contributed by atoms with Crippen LogP contribution < -0.4 is 11.3 Å². The number of nitrogens with two attached hydrogens (primary N) is 1. The van der Waals surface area contributed by atoms with Gasteiger partial charge in [-0.3, -0.25) is 0 Å². The molecular formula is C11H14N4S2. The summed E-state index contributed by atoms with van der Waals surface area (Å²) in [5, 5.41) is 4.89. The van der Waals surface area contributed by atoms with Crippen LogP contribution in [0.5, 0.6) is 0 Å². The van der Waals surface area contributed by atoms with Gasteiger partial charge >= 0.3 is 0 Å². The molecule has 0 aliphatic heterocycles. The fraction of sp³-hybridized carbons (Fsp3) is 0.273. The van der Waals surface area contributed by atoms with Gasteiger partial charge in [0.15, 0.2) is 0 Å². The van der Waals surface area contributed by atoms with E-state index in [2.05, 4.69) is 47.1 Å². The lowest BCUT2D eigenvalue weighted by atomic mass is 10.2. The molecule has 2 aromatic rings. The van der Waals surface area contributed by atoms with E-state index in [0.29, 0.717) is 0 Å². The number of hydrogen-bond donors (Lipinski definition) is 2. The molecular weight excluding hydrogens is 252 g/mol. The minimum Gasteiger partial charge on any atom is -0.313 e. The van der Waals surface area contributed by atoms with E-state index in [1.165, 1.54) is 27.6 Å². The molecule has 1 heterocycles. The predicted octanol–water partition coefficient (Wildman–Crippen LogP) is 2.73. The Morgan fingerprint density at radius 1 is 1.41 bits per heavy atom. The molecule has 0 aliphatic rings. The molecule has 90 valence electrons. The van der Waals surface area contributed by atoms with E-state index in [-0.39, 0.29) is 0 Å². The maximum absolute atomic E-state index is 5.38. The highest BCUT2D eigenvalue weighted by Gasteiger charge is 2.08. The monoisotopic (exact) mass is 266 g/mol. The second-order valence-electron chi connectivity index (χ2n) is 3.75. The standard InChI is InChI=1S/C11H14N4S2/c1-7-3-4-10(8(2)5-7)16-6-9-11(13-12)17-15-14-9/h3-5,13H,6,12H2,1-2H3. The molecule has 0 spiro atoms. The minimum atomic E-state index is 0.778. The summed E-state index contributed by atoms with van der Waals surface area (Å²) in [4.78, 5) is 1.27. The van der Waals surface area contributed by atoms with Crippen molar-refractivity contribution < 1.29 is 0 Å². The van der Waals surface area contributed by atoms with E-state index in [1.807, 2.05) is 0 Å². The number of nitrogen functional groups attached to an aromatic ring is 1. The number of aryl methyl sites for hydroxylation is 2. The average Bonchev–Trinajstić information content (AvgIpc) is 2.75. The third-order valence-electron chi connectivity index (χ3n) is 2.38. The molecule has 0 bridgehead atoms. The first-order chi connectivity index (χ1) is 8.20. The molecule has 0 atom stereocenters. The molecule has 2 rings (SSSR count). The third-order valence-corrected chi connectivity index (χ3v) is 4.27. The second kappa shape index (κ2) is 5.48. The van der Waals surface area contributed by atoms with Crippen LogP contribution in [0.15, 0.2) is 23.1 Å². The van der Waals surface area contributed by atoms with Crippen LogP contribution in [0.25, 0.3) is 0 Å². The molecule has 0 radical (unpaired) electrons. The molecule has 0 fully saturated rings. The Morgan fingerprint density at radius 3 is 2.94 bits per heavy atom. The van der Waals surface area contributed by atoms with Crippen molar-refractivity contribution in [3.05, 3.63) is 35.0 Å². The van der Waals surface area contributed by atoms with E-state index >= 15 is 0 Å². The van der Waals surface area contributed by atoms with Crippen molar-refractivity contribution in [3.63, 3.8) is 0 Å². The molecule has 0 aliphatic carbocycles. The third kappa shape index (κ3) is 2.96. The summed E-state index contributed by atoms with van der Waals surface area (Å²) < 4.78 is 3.88. The van der Waals surface area contributed by atoms with Crippen molar-refractivity contribution in [2.45, 2.75) is 24.5 Å². The van der Waals surface area contributed by atoms with Crippen LogP contribution in [-0.2, 0) is 5.75 Å².